The van der Waals surface area contributed by atoms with Crippen molar-refractivity contribution in [1.82, 2.24) is 4.90 Å². The van der Waals surface area contributed by atoms with Crippen molar-refractivity contribution in [2.24, 2.45) is 0 Å². The van der Waals surface area contributed by atoms with Crippen molar-refractivity contribution in [3.63, 3.8) is 0 Å². The number of rotatable bonds is 8. The number of alkyl halides is 2. The van der Waals surface area contributed by atoms with Crippen molar-refractivity contribution in [3.05, 3.63) is 47.0 Å². The number of hydrogen-bond donors (Lipinski definition) is 1. The van der Waals surface area contributed by atoms with Gasteiger partial charge in [0.2, 0.25) is 5.91 Å². The Labute approximate surface area is 178 Å². The fourth-order valence-electron chi connectivity index (χ4n) is 3.62. The Morgan fingerprint density at radius 3 is 2.67 bits per heavy atom. The van der Waals surface area contributed by atoms with Crippen LogP contribution in [0.15, 0.2) is 36.4 Å². The van der Waals surface area contributed by atoms with Crippen molar-refractivity contribution in [2.75, 3.05) is 32.6 Å². The first kappa shape index (κ1) is 22.1. The second kappa shape index (κ2) is 9.95. The fraction of sp³-hybridized carbons (Fsp3) is 0.381. The standard InChI is InChI=1S/C21H23ClF2N2O4/c1-28-14-6-7-15(19(11-14)29-2)17-4-3-9-26(17)12-20(27)25-13-5-8-18(16(22)10-13)30-21(23)24/h5-8,10-11,17,21H,3-4,9,12H2,1-2H3,(H,25,27). The molecule has 3 rings (SSSR count). The van der Waals surface area contributed by atoms with Crippen LogP contribution in [0.3, 0.4) is 0 Å². The van der Waals surface area contributed by atoms with Gasteiger partial charge in [-0.25, -0.2) is 0 Å². The number of anilines is 1. The third-order valence-corrected chi connectivity index (χ3v) is 5.24. The first-order valence-electron chi connectivity index (χ1n) is 9.41. The molecule has 9 heteroatoms. The van der Waals surface area contributed by atoms with E-state index in [9.17, 15) is 13.6 Å². The molecule has 162 valence electrons. The lowest BCUT2D eigenvalue weighted by molar-refractivity contribution is -0.117. The third-order valence-electron chi connectivity index (χ3n) is 4.94. The van der Waals surface area contributed by atoms with Crippen LogP contribution in [0.4, 0.5) is 14.5 Å². The number of benzene rings is 2. The quantitative estimate of drug-likeness (QED) is 0.642. The van der Waals surface area contributed by atoms with E-state index in [1.807, 2.05) is 18.2 Å². The van der Waals surface area contributed by atoms with E-state index in [0.717, 1.165) is 24.9 Å². The van der Waals surface area contributed by atoms with Crippen LogP contribution in [0.25, 0.3) is 0 Å². The van der Waals surface area contributed by atoms with E-state index in [1.165, 1.54) is 18.2 Å². The summed E-state index contributed by atoms with van der Waals surface area (Å²) in [5.41, 5.74) is 1.41. The Morgan fingerprint density at radius 1 is 1.20 bits per heavy atom. The van der Waals surface area contributed by atoms with Gasteiger partial charge in [0.05, 0.1) is 25.8 Å². The van der Waals surface area contributed by atoms with E-state index >= 15 is 0 Å². The highest BCUT2D eigenvalue weighted by atomic mass is 35.5. The molecule has 1 unspecified atom stereocenters. The maximum absolute atomic E-state index is 12.6. The summed E-state index contributed by atoms with van der Waals surface area (Å²) >= 11 is 5.94. The molecule has 1 atom stereocenters. The maximum Gasteiger partial charge on any atom is 0.387 e. The smallest absolute Gasteiger partial charge is 0.387 e. The molecule has 2 aromatic rings. The van der Waals surface area contributed by atoms with Crippen LogP contribution in [0, 0.1) is 0 Å². The summed E-state index contributed by atoms with van der Waals surface area (Å²) in [4.78, 5) is 14.7. The summed E-state index contributed by atoms with van der Waals surface area (Å²) in [6.45, 7) is -2.02. The second-order valence-electron chi connectivity index (χ2n) is 6.81. The number of nitrogens with zero attached hydrogens (tertiary/aromatic N) is 1. The Morgan fingerprint density at radius 2 is 2.00 bits per heavy atom. The number of carbonyl (C=O) groups excluding carboxylic acids is 1. The number of nitrogens with one attached hydrogen (secondary N) is 1. The molecule has 1 heterocycles. The van der Waals surface area contributed by atoms with Gasteiger partial charge in [0, 0.05) is 23.4 Å². The molecule has 0 spiro atoms. The summed E-state index contributed by atoms with van der Waals surface area (Å²) in [7, 11) is 3.20. The molecule has 1 amide bonds. The van der Waals surface area contributed by atoms with Gasteiger partial charge >= 0.3 is 6.61 Å². The van der Waals surface area contributed by atoms with E-state index in [0.29, 0.717) is 17.2 Å². The zero-order chi connectivity index (χ0) is 21.7. The van der Waals surface area contributed by atoms with E-state index in [1.54, 1.807) is 14.2 Å². The molecule has 1 saturated heterocycles. The van der Waals surface area contributed by atoms with Crippen LogP contribution in [0.2, 0.25) is 5.02 Å². The summed E-state index contributed by atoms with van der Waals surface area (Å²) < 4.78 is 39.8. The van der Waals surface area contributed by atoms with Gasteiger partial charge in [0.25, 0.3) is 0 Å². The van der Waals surface area contributed by atoms with E-state index in [2.05, 4.69) is 15.0 Å². The normalized spacial score (nSPS) is 16.5. The summed E-state index contributed by atoms with van der Waals surface area (Å²) in [5, 5.41) is 2.75. The Balaban J connectivity index is 1.67. The number of methoxy groups -OCH3 is 2. The minimum absolute atomic E-state index is 0.00452. The molecule has 0 bridgehead atoms. The van der Waals surface area contributed by atoms with Crippen LogP contribution in [-0.4, -0.2) is 44.7 Å². The van der Waals surface area contributed by atoms with Gasteiger partial charge in [0.1, 0.15) is 17.2 Å². The molecule has 0 saturated carbocycles. The van der Waals surface area contributed by atoms with Crippen molar-refractivity contribution in [3.8, 4) is 17.2 Å². The van der Waals surface area contributed by atoms with E-state index < -0.39 is 6.61 Å². The highest BCUT2D eigenvalue weighted by Gasteiger charge is 2.30. The minimum Gasteiger partial charge on any atom is -0.497 e. The van der Waals surface area contributed by atoms with Crippen molar-refractivity contribution < 1.29 is 27.8 Å². The number of ether oxygens (including phenoxy) is 3. The number of carbonyl (C=O) groups is 1. The highest BCUT2D eigenvalue weighted by molar-refractivity contribution is 6.32. The van der Waals surface area contributed by atoms with E-state index in [-0.39, 0.29) is 29.3 Å². The highest BCUT2D eigenvalue weighted by Crippen LogP contribution is 2.38. The average molecular weight is 441 g/mol. The minimum atomic E-state index is -2.97. The van der Waals surface area contributed by atoms with Crippen LogP contribution in [0.5, 0.6) is 17.2 Å². The van der Waals surface area contributed by atoms with Gasteiger partial charge in [0.15, 0.2) is 0 Å². The molecule has 6 nitrogen and oxygen atoms in total. The molecule has 0 aromatic heterocycles. The maximum atomic E-state index is 12.6. The number of hydrogen-bond acceptors (Lipinski definition) is 5. The number of amides is 1. The lowest BCUT2D eigenvalue weighted by Crippen LogP contribution is -2.33. The largest absolute Gasteiger partial charge is 0.497 e. The number of halogens is 3. The number of likely N-dealkylation sites (tertiary alicyclic amines) is 1. The first-order chi connectivity index (χ1) is 14.4. The summed E-state index contributed by atoms with van der Waals surface area (Å²) in [6.07, 6.45) is 1.86. The molecular formula is C21H23ClF2N2O4. The lowest BCUT2D eigenvalue weighted by Gasteiger charge is -2.26. The molecule has 30 heavy (non-hydrogen) atoms. The molecule has 2 aromatic carbocycles. The van der Waals surface area contributed by atoms with Gasteiger partial charge in [-0.3, -0.25) is 9.69 Å². The Kier molecular flexibility index (Phi) is 7.33. The third kappa shape index (κ3) is 5.31. The van der Waals surface area contributed by atoms with Crippen LogP contribution < -0.4 is 19.5 Å². The molecular weight excluding hydrogens is 418 g/mol. The van der Waals surface area contributed by atoms with Gasteiger partial charge in [-0.15, -0.1) is 0 Å². The average Bonchev–Trinajstić information content (AvgIpc) is 3.16. The van der Waals surface area contributed by atoms with Gasteiger partial charge in [-0.05, 0) is 43.7 Å². The monoisotopic (exact) mass is 440 g/mol. The fourth-order valence-corrected chi connectivity index (χ4v) is 3.84. The first-order valence-corrected chi connectivity index (χ1v) is 9.79. The molecule has 1 fully saturated rings. The predicted molar refractivity (Wildman–Crippen MR) is 110 cm³/mol. The van der Waals surface area contributed by atoms with Gasteiger partial charge in [-0.1, -0.05) is 17.7 Å². The van der Waals surface area contributed by atoms with E-state index in [4.69, 9.17) is 21.1 Å². The van der Waals surface area contributed by atoms with Crippen molar-refractivity contribution in [2.45, 2.75) is 25.5 Å². The van der Waals surface area contributed by atoms with Gasteiger partial charge in [-0.2, -0.15) is 8.78 Å². The second-order valence-corrected chi connectivity index (χ2v) is 7.22. The lowest BCUT2D eigenvalue weighted by atomic mass is 10.0. The van der Waals surface area contributed by atoms with Crippen molar-refractivity contribution in [1.29, 1.82) is 0 Å². The molecule has 1 aliphatic rings. The van der Waals surface area contributed by atoms with Crippen LogP contribution >= 0.6 is 11.6 Å². The molecule has 0 radical (unpaired) electrons. The Hall–Kier alpha value is -2.58. The Bertz CT molecular complexity index is 897. The predicted octanol–water partition coefficient (Wildman–Crippen LogP) is 4.73. The zero-order valence-electron chi connectivity index (χ0n) is 16.7. The zero-order valence-corrected chi connectivity index (χ0v) is 17.4. The van der Waals surface area contributed by atoms with Crippen LogP contribution in [-0.2, 0) is 4.79 Å². The van der Waals surface area contributed by atoms with Crippen LogP contribution in [0.1, 0.15) is 24.4 Å². The topological polar surface area (TPSA) is 60.0 Å². The molecule has 0 aliphatic carbocycles. The van der Waals surface area contributed by atoms with Gasteiger partial charge < -0.3 is 19.5 Å². The van der Waals surface area contributed by atoms with Crippen molar-refractivity contribution >= 4 is 23.2 Å². The SMILES string of the molecule is COc1ccc(C2CCCN2CC(=O)Nc2ccc(OC(F)F)c(Cl)c2)c(OC)c1. The molecule has 1 N–H and O–H groups in total. The summed E-state index contributed by atoms with van der Waals surface area (Å²) in [6, 6.07) is 9.85. The molecule has 1 aliphatic heterocycles. The summed E-state index contributed by atoms with van der Waals surface area (Å²) in [5.74, 6) is 1.05.